The van der Waals surface area contributed by atoms with Crippen molar-refractivity contribution in [3.63, 3.8) is 0 Å². The van der Waals surface area contributed by atoms with Gasteiger partial charge in [-0.2, -0.15) is 0 Å². The highest BCUT2D eigenvalue weighted by Gasteiger charge is 2.54. The zero-order valence-electron chi connectivity index (χ0n) is 26.4. The number of methoxy groups -OCH3 is 1. The van der Waals surface area contributed by atoms with Crippen molar-refractivity contribution in [3.05, 3.63) is 51.6 Å². The number of fused-ring (bicyclic) bond motifs is 3. The van der Waals surface area contributed by atoms with Gasteiger partial charge in [-0.05, 0) is 38.7 Å². The van der Waals surface area contributed by atoms with E-state index in [0.29, 0.717) is 0 Å². The number of aliphatic hydroxyl groups is 2. The number of carbonyl (C=O) groups excluding carboxylic acids is 5. The summed E-state index contributed by atoms with van der Waals surface area (Å²) in [6.45, 7) is 0.621. The van der Waals surface area contributed by atoms with Crippen LogP contribution < -0.4 is 10.5 Å². The van der Waals surface area contributed by atoms with Gasteiger partial charge in [0.1, 0.15) is 29.1 Å². The summed E-state index contributed by atoms with van der Waals surface area (Å²) in [5.41, 5.74) is 1.96. The van der Waals surface area contributed by atoms with E-state index < -0.39 is 95.2 Å². The van der Waals surface area contributed by atoms with Gasteiger partial charge < -0.3 is 45.1 Å². The van der Waals surface area contributed by atoms with Gasteiger partial charge in [0.2, 0.25) is 11.6 Å². The molecule has 4 aliphatic rings. The van der Waals surface area contributed by atoms with Gasteiger partial charge in [0.05, 0.1) is 42.4 Å². The number of nitrogens with two attached hydrogens (primary N) is 1. The third-order valence-corrected chi connectivity index (χ3v) is 9.71. The van der Waals surface area contributed by atoms with E-state index in [-0.39, 0.29) is 65.4 Å². The average Bonchev–Trinajstić information content (AvgIpc) is 3.92. The zero-order valence-corrected chi connectivity index (χ0v) is 26.4. The first-order valence-corrected chi connectivity index (χ1v) is 15.8. The van der Waals surface area contributed by atoms with Crippen molar-refractivity contribution in [2.75, 3.05) is 13.7 Å². The molecule has 6 N–H and O–H groups in total. The van der Waals surface area contributed by atoms with Gasteiger partial charge in [0.15, 0.2) is 24.3 Å². The standard InChI is InChI=1S/C34H37NO13/c1-14-28(39)18(35)12-23(47-14)48-33-25-17(10-11-34(33,44)21(37)13-46-22(38)9-8-19(36)15-6-7-15)30(41)26-27(32(25)43)31(42)24-16(29(26)40)4-3-5-20(24)45-2/h3-5,14-15,18,23,28,33,39,41,43-44H,6-13,35H2,1-2H3/t14?,18?,23?,28?,33-,34-/m0/s1. The van der Waals surface area contributed by atoms with Gasteiger partial charge in [-0.1, -0.05) is 12.1 Å². The fourth-order valence-corrected chi connectivity index (χ4v) is 6.81. The van der Waals surface area contributed by atoms with Crippen LogP contribution in [0, 0.1) is 5.92 Å². The Morgan fingerprint density at radius 2 is 1.75 bits per heavy atom. The second-order valence-corrected chi connectivity index (χ2v) is 12.8. The van der Waals surface area contributed by atoms with Crippen LogP contribution in [-0.2, 0) is 35.0 Å². The smallest absolute Gasteiger partial charge is 0.306 e. The number of hydrogen-bond acceptors (Lipinski definition) is 14. The molecule has 4 unspecified atom stereocenters. The summed E-state index contributed by atoms with van der Waals surface area (Å²) >= 11 is 0. The number of phenolic OH excluding ortho intramolecular Hbond substituents is 2. The lowest BCUT2D eigenvalue weighted by molar-refractivity contribution is -0.265. The summed E-state index contributed by atoms with van der Waals surface area (Å²) in [7, 11) is 1.30. The Kier molecular flexibility index (Phi) is 8.89. The van der Waals surface area contributed by atoms with Crippen LogP contribution in [0.5, 0.6) is 17.2 Å². The summed E-state index contributed by atoms with van der Waals surface area (Å²) in [6.07, 6.45) is -4.49. The molecule has 0 radical (unpaired) electrons. The van der Waals surface area contributed by atoms with E-state index >= 15 is 0 Å². The molecule has 1 saturated carbocycles. The summed E-state index contributed by atoms with van der Waals surface area (Å²) in [4.78, 5) is 65.7. The van der Waals surface area contributed by atoms with Crippen LogP contribution >= 0.6 is 0 Å². The molecule has 48 heavy (non-hydrogen) atoms. The van der Waals surface area contributed by atoms with Gasteiger partial charge in [-0.3, -0.25) is 24.0 Å². The molecule has 256 valence electrons. The molecule has 14 heteroatoms. The molecule has 1 aliphatic heterocycles. The van der Waals surface area contributed by atoms with Gasteiger partial charge in [-0.15, -0.1) is 0 Å². The van der Waals surface area contributed by atoms with Crippen LogP contribution in [0.1, 0.15) is 94.5 Å². The van der Waals surface area contributed by atoms with E-state index in [2.05, 4.69) is 0 Å². The number of ketones is 4. The number of rotatable bonds is 10. The molecule has 2 fully saturated rings. The second-order valence-electron chi connectivity index (χ2n) is 12.8. The van der Waals surface area contributed by atoms with Crippen molar-refractivity contribution in [2.24, 2.45) is 11.7 Å². The Labute approximate surface area is 274 Å². The molecule has 1 heterocycles. The number of phenols is 2. The highest BCUT2D eigenvalue weighted by molar-refractivity contribution is 6.31. The molecule has 14 nitrogen and oxygen atoms in total. The Hall–Kier alpha value is -4.21. The number of esters is 1. The van der Waals surface area contributed by atoms with Crippen LogP contribution in [0.25, 0.3) is 0 Å². The summed E-state index contributed by atoms with van der Waals surface area (Å²) in [6, 6.07) is 3.51. The molecule has 3 aliphatic carbocycles. The van der Waals surface area contributed by atoms with Gasteiger partial charge in [0, 0.05) is 41.5 Å². The molecule has 2 aromatic carbocycles. The SMILES string of the molecule is COc1cccc2c1C(=O)c1c(O)c3c(c(O)c1C2=O)CC[C@](O)(C(=O)COC(=O)CCC(=O)C1CC1)[C@H]3OC1CC(N)C(O)C(C)O1. The zero-order chi connectivity index (χ0) is 34.7. The second kappa shape index (κ2) is 12.7. The third-order valence-electron chi connectivity index (χ3n) is 9.71. The van der Waals surface area contributed by atoms with E-state index in [1.807, 2.05) is 0 Å². The highest BCUT2D eigenvalue weighted by Crippen LogP contribution is 2.53. The first-order valence-electron chi connectivity index (χ1n) is 15.8. The molecule has 0 aromatic heterocycles. The molecule has 0 bridgehead atoms. The molecular formula is C34H37NO13. The average molecular weight is 668 g/mol. The molecule has 1 saturated heterocycles. The van der Waals surface area contributed by atoms with E-state index in [1.54, 1.807) is 0 Å². The fraction of sp³-hybridized carbons (Fsp3) is 0.500. The summed E-state index contributed by atoms with van der Waals surface area (Å²) in [5, 5.41) is 45.6. The van der Waals surface area contributed by atoms with Gasteiger partial charge in [0.25, 0.3) is 0 Å². The first-order chi connectivity index (χ1) is 22.8. The minimum absolute atomic E-state index is 0.0384. The van der Waals surface area contributed by atoms with Crippen molar-refractivity contribution in [1.29, 1.82) is 0 Å². The van der Waals surface area contributed by atoms with E-state index in [4.69, 9.17) is 24.7 Å². The number of carbonyl (C=O) groups is 5. The minimum atomic E-state index is -2.51. The number of Topliss-reactive ketones (excluding diaryl/α,β-unsaturated/α-hetero) is 2. The Balaban J connectivity index is 1.39. The largest absolute Gasteiger partial charge is 0.507 e. The van der Waals surface area contributed by atoms with Crippen molar-refractivity contribution >= 4 is 29.1 Å². The monoisotopic (exact) mass is 667 g/mol. The maximum Gasteiger partial charge on any atom is 0.306 e. The summed E-state index contributed by atoms with van der Waals surface area (Å²) in [5.74, 6) is -4.97. The Morgan fingerprint density at radius 3 is 2.42 bits per heavy atom. The van der Waals surface area contributed by atoms with Gasteiger partial charge >= 0.3 is 5.97 Å². The molecule has 6 atom stereocenters. The molecule has 0 spiro atoms. The Bertz CT molecular complexity index is 1700. The molecule has 2 aromatic rings. The van der Waals surface area contributed by atoms with E-state index in [1.165, 1.54) is 32.2 Å². The quantitative estimate of drug-likeness (QED) is 0.152. The van der Waals surface area contributed by atoms with Crippen molar-refractivity contribution in [3.8, 4) is 17.2 Å². The predicted octanol–water partition coefficient (Wildman–Crippen LogP) is 1.31. The fourth-order valence-electron chi connectivity index (χ4n) is 6.81. The third kappa shape index (κ3) is 5.66. The van der Waals surface area contributed by atoms with Crippen LogP contribution in [-0.4, -0.2) is 93.4 Å². The highest BCUT2D eigenvalue weighted by atomic mass is 16.7. The van der Waals surface area contributed by atoms with Crippen molar-refractivity contribution in [2.45, 2.75) is 88.1 Å². The number of hydrogen-bond donors (Lipinski definition) is 5. The molecule has 6 rings (SSSR count). The van der Waals surface area contributed by atoms with Crippen LogP contribution in [0.2, 0.25) is 0 Å². The minimum Gasteiger partial charge on any atom is -0.507 e. The first kappa shape index (κ1) is 33.7. The van der Waals surface area contributed by atoms with Crippen LogP contribution in [0.15, 0.2) is 18.2 Å². The lowest BCUT2D eigenvalue weighted by atomic mass is 9.71. The van der Waals surface area contributed by atoms with Crippen molar-refractivity contribution in [1.82, 2.24) is 0 Å². The maximum atomic E-state index is 13.9. The van der Waals surface area contributed by atoms with Gasteiger partial charge in [-0.25, -0.2) is 0 Å². The lowest BCUT2D eigenvalue weighted by Gasteiger charge is -2.44. The number of aliphatic hydroxyl groups excluding tert-OH is 1. The van der Waals surface area contributed by atoms with E-state index in [9.17, 15) is 44.4 Å². The van der Waals surface area contributed by atoms with E-state index in [0.717, 1.165) is 12.8 Å². The maximum absolute atomic E-state index is 13.9. The summed E-state index contributed by atoms with van der Waals surface area (Å²) < 4.78 is 22.3. The molecule has 0 amide bonds. The van der Waals surface area contributed by atoms with Crippen LogP contribution in [0.3, 0.4) is 0 Å². The van der Waals surface area contributed by atoms with Crippen LogP contribution in [0.4, 0.5) is 0 Å². The topological polar surface area (TPSA) is 229 Å². The Morgan fingerprint density at radius 1 is 1.04 bits per heavy atom. The number of aromatic hydroxyl groups is 2. The predicted molar refractivity (Wildman–Crippen MR) is 163 cm³/mol. The van der Waals surface area contributed by atoms with Crippen molar-refractivity contribution < 1.29 is 63.3 Å². The number of ether oxygens (including phenoxy) is 4. The number of benzene rings is 2. The molecular weight excluding hydrogens is 630 g/mol. The lowest BCUT2D eigenvalue weighted by Crippen LogP contribution is -2.55. The normalized spacial score (nSPS) is 27.8.